The lowest BCUT2D eigenvalue weighted by Gasteiger charge is -2.36. The Morgan fingerprint density at radius 3 is 2.58 bits per heavy atom. The summed E-state index contributed by atoms with van der Waals surface area (Å²) >= 11 is 0. The van der Waals surface area contributed by atoms with Gasteiger partial charge in [-0.25, -0.2) is 4.98 Å². The number of aromatic nitrogens is 1. The van der Waals surface area contributed by atoms with E-state index in [9.17, 15) is 9.59 Å². The van der Waals surface area contributed by atoms with E-state index in [0.29, 0.717) is 37.7 Å². The van der Waals surface area contributed by atoms with Crippen molar-refractivity contribution in [3.8, 4) is 5.88 Å². The maximum absolute atomic E-state index is 13.4. The van der Waals surface area contributed by atoms with Crippen molar-refractivity contribution in [2.24, 2.45) is 5.92 Å². The molecule has 4 heterocycles. The fraction of sp³-hybridized carbons (Fsp3) is 0.536. The third-order valence-corrected chi connectivity index (χ3v) is 6.91. The van der Waals surface area contributed by atoms with Crippen molar-refractivity contribution in [3.05, 3.63) is 59.8 Å². The van der Waals surface area contributed by atoms with Gasteiger partial charge in [0.05, 0.1) is 13.2 Å². The number of hydrogen-bond acceptors (Lipinski definition) is 6. The van der Waals surface area contributed by atoms with Gasteiger partial charge in [0, 0.05) is 38.9 Å². The van der Waals surface area contributed by atoms with Crippen LogP contribution in [0.1, 0.15) is 48.5 Å². The predicted octanol–water partition coefficient (Wildman–Crippen LogP) is 3.13. The Morgan fingerprint density at radius 1 is 1.00 bits per heavy atom. The van der Waals surface area contributed by atoms with Gasteiger partial charge in [-0.3, -0.25) is 14.5 Å². The zero-order valence-corrected chi connectivity index (χ0v) is 21.2. The zero-order valence-electron chi connectivity index (χ0n) is 21.2. The van der Waals surface area contributed by atoms with E-state index in [1.807, 2.05) is 17.9 Å². The highest BCUT2D eigenvalue weighted by Gasteiger charge is 2.30. The number of nitrogens with zero attached hydrogens (tertiary/aromatic N) is 3. The van der Waals surface area contributed by atoms with Crippen LogP contribution in [0.2, 0.25) is 0 Å². The van der Waals surface area contributed by atoms with Crippen LogP contribution in [0.3, 0.4) is 0 Å². The second-order valence-electron chi connectivity index (χ2n) is 9.62. The van der Waals surface area contributed by atoms with Crippen molar-refractivity contribution in [2.75, 3.05) is 46.0 Å². The smallest absolute Gasteiger partial charge is 0.257 e. The molecule has 0 unspecified atom stereocenters. The van der Waals surface area contributed by atoms with Crippen LogP contribution in [0.25, 0.3) is 0 Å². The van der Waals surface area contributed by atoms with Gasteiger partial charge >= 0.3 is 0 Å². The molecule has 1 aromatic heterocycles. The first-order valence-electron chi connectivity index (χ1n) is 13.2. The number of fused-ring (bicyclic) bond motifs is 12. The summed E-state index contributed by atoms with van der Waals surface area (Å²) in [4.78, 5) is 35.1. The molecule has 2 amide bonds. The minimum atomic E-state index is -0.552. The Bertz CT molecular complexity index is 979. The largest absolute Gasteiger partial charge is 0.475 e. The molecule has 0 saturated carbocycles. The van der Waals surface area contributed by atoms with Crippen LogP contribution in [-0.2, 0) is 16.1 Å². The van der Waals surface area contributed by atoms with Gasteiger partial charge in [-0.15, -0.1) is 0 Å². The summed E-state index contributed by atoms with van der Waals surface area (Å²) in [5, 5.41) is 2.95. The van der Waals surface area contributed by atoms with E-state index in [2.05, 4.69) is 39.5 Å². The van der Waals surface area contributed by atoms with Gasteiger partial charge in [-0.05, 0) is 42.9 Å². The van der Waals surface area contributed by atoms with Gasteiger partial charge in [0.1, 0.15) is 18.2 Å². The topological polar surface area (TPSA) is 84.0 Å². The molecule has 1 N–H and O–H groups in total. The Hall–Kier alpha value is -2.97. The van der Waals surface area contributed by atoms with Gasteiger partial charge in [-0.1, -0.05) is 43.7 Å². The first-order chi connectivity index (χ1) is 17.6. The molecule has 0 radical (unpaired) electrons. The number of carbonyl (C=O) groups excluding carboxylic acids is 2. The van der Waals surface area contributed by atoms with Crippen LogP contribution in [0.4, 0.5) is 0 Å². The van der Waals surface area contributed by atoms with Crippen LogP contribution in [-0.4, -0.2) is 78.6 Å². The number of nitrogens with one attached hydrogen (secondary N) is 1. The molecular formula is C28H38N4O4. The molecule has 2 bridgehead atoms. The van der Waals surface area contributed by atoms with E-state index in [1.54, 1.807) is 18.3 Å². The summed E-state index contributed by atoms with van der Waals surface area (Å²) in [5.74, 6) is 0.454. The number of ether oxygens (including phenoxy) is 2. The summed E-state index contributed by atoms with van der Waals surface area (Å²) in [6.07, 6.45) is 4.92. The van der Waals surface area contributed by atoms with E-state index >= 15 is 0 Å². The maximum atomic E-state index is 13.4. The summed E-state index contributed by atoms with van der Waals surface area (Å²) in [7, 11) is 0. The third-order valence-electron chi connectivity index (χ3n) is 6.91. The SMILES string of the molecule is CCC[C@H]1NC(=O)c2cccnc2OCCOCCN(Cc2ccccc2)CC2CCN(CC2)C1=O. The normalized spacial score (nSPS) is 22.8. The fourth-order valence-corrected chi connectivity index (χ4v) is 4.95. The number of pyridine rings is 1. The molecular weight excluding hydrogens is 456 g/mol. The van der Waals surface area contributed by atoms with Crippen molar-refractivity contribution in [3.63, 3.8) is 0 Å². The number of amides is 2. The predicted molar refractivity (Wildman–Crippen MR) is 138 cm³/mol. The number of benzene rings is 1. The van der Waals surface area contributed by atoms with E-state index in [-0.39, 0.29) is 17.7 Å². The molecule has 36 heavy (non-hydrogen) atoms. The molecule has 1 fully saturated rings. The molecule has 0 aliphatic carbocycles. The lowest BCUT2D eigenvalue weighted by molar-refractivity contribution is -0.135. The maximum Gasteiger partial charge on any atom is 0.257 e. The van der Waals surface area contributed by atoms with Crippen LogP contribution >= 0.6 is 0 Å². The molecule has 3 aliphatic heterocycles. The zero-order chi connectivity index (χ0) is 25.2. The number of hydrogen-bond donors (Lipinski definition) is 1. The molecule has 0 spiro atoms. The summed E-state index contributed by atoms with van der Waals surface area (Å²) in [6.45, 7) is 7.44. The minimum absolute atomic E-state index is 0.00525. The van der Waals surface area contributed by atoms with Crippen LogP contribution in [0, 0.1) is 5.92 Å². The fourth-order valence-electron chi connectivity index (χ4n) is 4.95. The Kier molecular flexibility index (Phi) is 9.69. The molecule has 1 aromatic carbocycles. The van der Waals surface area contributed by atoms with Gasteiger partial charge in [0.25, 0.3) is 5.91 Å². The summed E-state index contributed by atoms with van der Waals surface area (Å²) in [5.41, 5.74) is 1.62. The van der Waals surface area contributed by atoms with Crippen molar-refractivity contribution in [2.45, 2.75) is 45.2 Å². The van der Waals surface area contributed by atoms with Crippen molar-refractivity contribution in [1.29, 1.82) is 0 Å². The molecule has 2 aromatic rings. The van der Waals surface area contributed by atoms with Crippen molar-refractivity contribution < 1.29 is 19.1 Å². The van der Waals surface area contributed by atoms with Crippen LogP contribution < -0.4 is 10.1 Å². The Morgan fingerprint density at radius 2 is 1.81 bits per heavy atom. The molecule has 1 atom stereocenters. The monoisotopic (exact) mass is 494 g/mol. The van der Waals surface area contributed by atoms with Crippen molar-refractivity contribution in [1.82, 2.24) is 20.1 Å². The molecule has 3 aliphatic rings. The van der Waals surface area contributed by atoms with Gasteiger partial charge < -0.3 is 19.7 Å². The highest BCUT2D eigenvalue weighted by Crippen LogP contribution is 2.22. The van der Waals surface area contributed by atoms with Gasteiger partial charge in [-0.2, -0.15) is 0 Å². The first kappa shape index (κ1) is 26.1. The molecule has 5 rings (SSSR count). The average molecular weight is 495 g/mol. The number of carbonyl (C=O) groups is 2. The summed E-state index contributed by atoms with van der Waals surface area (Å²) in [6, 6.07) is 13.3. The second kappa shape index (κ2) is 13.4. The highest BCUT2D eigenvalue weighted by molar-refractivity contribution is 5.99. The molecule has 1 saturated heterocycles. The minimum Gasteiger partial charge on any atom is -0.475 e. The van der Waals surface area contributed by atoms with Crippen LogP contribution in [0.5, 0.6) is 5.88 Å². The standard InChI is InChI=1S/C28H38N4O4/c1-2-7-25-28(34)32-14-11-23(12-15-32)21-31(20-22-8-4-3-5-9-22)16-17-35-18-19-36-27-24(26(33)30-25)10-6-13-29-27/h3-6,8-10,13,23,25H,2,7,11-12,14-21H2,1H3,(H,30,33)/t25-/m1/s1. The van der Waals surface area contributed by atoms with E-state index in [0.717, 1.165) is 52.0 Å². The lowest BCUT2D eigenvalue weighted by Crippen LogP contribution is -2.51. The van der Waals surface area contributed by atoms with Crippen LogP contribution in [0.15, 0.2) is 48.7 Å². The first-order valence-corrected chi connectivity index (χ1v) is 13.2. The highest BCUT2D eigenvalue weighted by atomic mass is 16.5. The summed E-state index contributed by atoms with van der Waals surface area (Å²) < 4.78 is 11.7. The Balaban J connectivity index is 1.50. The van der Waals surface area contributed by atoms with E-state index in [1.165, 1.54) is 5.56 Å². The van der Waals surface area contributed by atoms with Gasteiger partial charge in [0.2, 0.25) is 11.8 Å². The van der Waals surface area contributed by atoms with Gasteiger partial charge in [0.15, 0.2) is 0 Å². The quantitative estimate of drug-likeness (QED) is 0.658. The second-order valence-corrected chi connectivity index (χ2v) is 9.62. The average Bonchev–Trinajstić information content (AvgIpc) is 2.90. The molecule has 8 nitrogen and oxygen atoms in total. The number of rotatable bonds is 4. The van der Waals surface area contributed by atoms with E-state index < -0.39 is 6.04 Å². The van der Waals surface area contributed by atoms with E-state index in [4.69, 9.17) is 9.47 Å². The molecule has 8 heteroatoms. The van der Waals surface area contributed by atoms with Crippen molar-refractivity contribution >= 4 is 11.8 Å². The lowest BCUT2D eigenvalue weighted by atomic mass is 9.95. The number of piperidine rings is 1. The third kappa shape index (κ3) is 7.27. The Labute approximate surface area is 214 Å². The molecule has 194 valence electrons.